The van der Waals surface area contributed by atoms with Gasteiger partial charge in [0, 0.05) is 12.6 Å². The molecule has 0 spiro atoms. The monoisotopic (exact) mass is 154 g/mol. The lowest BCUT2D eigenvalue weighted by atomic mass is 10.2. The van der Waals surface area contributed by atoms with E-state index in [0.717, 1.165) is 25.9 Å². The smallest absolute Gasteiger partial charge is 0.237 e. The quantitative estimate of drug-likeness (QED) is 0.605. The molecule has 0 aliphatic carbocycles. The lowest BCUT2D eigenvalue weighted by molar-refractivity contribution is -0.125. The summed E-state index contributed by atoms with van der Waals surface area (Å²) in [5.41, 5.74) is 0. The largest absolute Gasteiger partial charge is 0.351 e. The molecule has 0 radical (unpaired) electrons. The number of carbonyl (C=O) groups is 1. The SMILES string of the molecule is CCCN1C[C@H]2C[C@@H]1C(=O)N2. The summed E-state index contributed by atoms with van der Waals surface area (Å²) >= 11 is 0. The standard InChI is InChI=1S/C8H14N2O/c1-2-3-10-5-6-4-7(10)8(11)9-6/h6-7H,2-5H2,1H3,(H,9,11)/t6-,7-/m1/s1. The summed E-state index contributed by atoms with van der Waals surface area (Å²) in [6.07, 6.45) is 2.19. The fraction of sp³-hybridized carbons (Fsp3) is 0.875. The van der Waals surface area contributed by atoms with Gasteiger partial charge < -0.3 is 5.32 Å². The molecule has 3 nitrogen and oxygen atoms in total. The van der Waals surface area contributed by atoms with Crippen molar-refractivity contribution in [1.29, 1.82) is 0 Å². The zero-order valence-electron chi connectivity index (χ0n) is 6.84. The molecule has 0 aromatic heterocycles. The van der Waals surface area contributed by atoms with Crippen molar-refractivity contribution in [2.24, 2.45) is 0 Å². The van der Waals surface area contributed by atoms with Gasteiger partial charge in [-0.3, -0.25) is 9.69 Å². The van der Waals surface area contributed by atoms with Crippen LogP contribution < -0.4 is 5.32 Å². The van der Waals surface area contributed by atoms with Crippen LogP contribution >= 0.6 is 0 Å². The van der Waals surface area contributed by atoms with Crippen LogP contribution in [0.25, 0.3) is 0 Å². The van der Waals surface area contributed by atoms with Gasteiger partial charge in [-0.25, -0.2) is 0 Å². The van der Waals surface area contributed by atoms with E-state index in [1.165, 1.54) is 0 Å². The number of nitrogens with zero attached hydrogens (tertiary/aromatic N) is 1. The molecule has 2 bridgehead atoms. The van der Waals surface area contributed by atoms with E-state index in [4.69, 9.17) is 0 Å². The van der Waals surface area contributed by atoms with E-state index < -0.39 is 0 Å². The zero-order chi connectivity index (χ0) is 7.84. The molecule has 0 saturated carbocycles. The van der Waals surface area contributed by atoms with Crippen LogP contribution in [0, 0.1) is 0 Å². The van der Waals surface area contributed by atoms with Crippen LogP contribution in [0.2, 0.25) is 0 Å². The fourth-order valence-corrected chi connectivity index (χ4v) is 2.11. The number of carbonyl (C=O) groups excluding carboxylic acids is 1. The van der Waals surface area contributed by atoms with Gasteiger partial charge in [0.25, 0.3) is 0 Å². The molecule has 2 atom stereocenters. The normalized spacial score (nSPS) is 36.3. The van der Waals surface area contributed by atoms with E-state index >= 15 is 0 Å². The highest BCUT2D eigenvalue weighted by atomic mass is 16.2. The first kappa shape index (κ1) is 7.10. The lowest BCUT2D eigenvalue weighted by Crippen LogP contribution is -2.47. The molecular weight excluding hydrogens is 140 g/mol. The number of fused-ring (bicyclic) bond motifs is 2. The number of piperazine rings is 1. The second-order valence-corrected chi connectivity index (χ2v) is 3.45. The van der Waals surface area contributed by atoms with Gasteiger partial charge in [-0.05, 0) is 19.4 Å². The van der Waals surface area contributed by atoms with Gasteiger partial charge in [0.1, 0.15) is 0 Å². The van der Waals surface area contributed by atoms with Crippen LogP contribution in [-0.2, 0) is 4.79 Å². The predicted molar refractivity (Wildman–Crippen MR) is 42.2 cm³/mol. The van der Waals surface area contributed by atoms with Crippen LogP contribution in [0.15, 0.2) is 0 Å². The molecule has 2 aliphatic rings. The van der Waals surface area contributed by atoms with E-state index in [2.05, 4.69) is 17.1 Å². The Morgan fingerprint density at radius 3 is 3.09 bits per heavy atom. The first-order valence-electron chi connectivity index (χ1n) is 4.35. The number of hydrogen-bond acceptors (Lipinski definition) is 2. The average molecular weight is 154 g/mol. The third-order valence-corrected chi connectivity index (χ3v) is 2.56. The second kappa shape index (κ2) is 2.48. The highest BCUT2D eigenvalue weighted by molar-refractivity contribution is 5.85. The number of rotatable bonds is 2. The number of nitrogens with one attached hydrogen (secondary N) is 1. The molecule has 1 N–H and O–H groups in total. The molecule has 0 aromatic carbocycles. The average Bonchev–Trinajstić information content (AvgIpc) is 2.46. The second-order valence-electron chi connectivity index (χ2n) is 3.45. The van der Waals surface area contributed by atoms with Crippen LogP contribution in [0.1, 0.15) is 19.8 Å². The molecule has 62 valence electrons. The summed E-state index contributed by atoms with van der Waals surface area (Å²) in [7, 11) is 0. The van der Waals surface area contributed by atoms with Crippen LogP contribution in [0.3, 0.4) is 0 Å². The Bertz CT molecular complexity index is 181. The third kappa shape index (κ3) is 1.03. The molecule has 3 heteroatoms. The minimum Gasteiger partial charge on any atom is -0.351 e. The van der Waals surface area contributed by atoms with Gasteiger partial charge in [0.15, 0.2) is 0 Å². The fourth-order valence-electron chi connectivity index (χ4n) is 2.11. The Balaban J connectivity index is 2.01. The summed E-state index contributed by atoms with van der Waals surface area (Å²) in [5.74, 6) is 0.245. The van der Waals surface area contributed by atoms with E-state index in [0.29, 0.717) is 6.04 Å². The molecule has 2 rings (SSSR count). The number of amides is 1. The lowest BCUT2D eigenvalue weighted by Gasteiger charge is -2.25. The summed E-state index contributed by atoms with van der Waals surface area (Å²) in [6, 6.07) is 0.666. The summed E-state index contributed by atoms with van der Waals surface area (Å²) in [5, 5.41) is 2.96. The van der Waals surface area contributed by atoms with Crippen LogP contribution in [0.5, 0.6) is 0 Å². The van der Waals surface area contributed by atoms with Gasteiger partial charge in [-0.15, -0.1) is 0 Å². The van der Waals surface area contributed by atoms with Gasteiger partial charge in [-0.2, -0.15) is 0 Å². The Morgan fingerprint density at radius 2 is 2.55 bits per heavy atom. The molecule has 11 heavy (non-hydrogen) atoms. The molecule has 1 amide bonds. The van der Waals surface area contributed by atoms with Crippen molar-refractivity contribution >= 4 is 5.91 Å². The molecule has 0 aromatic rings. The maximum atomic E-state index is 11.2. The van der Waals surface area contributed by atoms with Crippen molar-refractivity contribution in [3.63, 3.8) is 0 Å². The van der Waals surface area contributed by atoms with E-state index in [9.17, 15) is 4.79 Å². The van der Waals surface area contributed by atoms with Crippen molar-refractivity contribution in [3.8, 4) is 0 Å². The van der Waals surface area contributed by atoms with Crippen molar-refractivity contribution in [1.82, 2.24) is 10.2 Å². The van der Waals surface area contributed by atoms with Crippen molar-refractivity contribution in [2.45, 2.75) is 31.8 Å². The summed E-state index contributed by atoms with van der Waals surface area (Å²) in [4.78, 5) is 13.5. The number of hydrogen-bond donors (Lipinski definition) is 1. The summed E-state index contributed by atoms with van der Waals surface area (Å²) in [6.45, 7) is 4.31. The molecule has 2 heterocycles. The summed E-state index contributed by atoms with van der Waals surface area (Å²) < 4.78 is 0. The van der Waals surface area contributed by atoms with Gasteiger partial charge in [-0.1, -0.05) is 6.92 Å². The molecular formula is C8H14N2O. The Hall–Kier alpha value is -0.570. The minimum atomic E-state index is 0.208. The predicted octanol–water partition coefficient (Wildman–Crippen LogP) is -0.0309. The first-order valence-corrected chi connectivity index (χ1v) is 4.35. The molecule has 2 fully saturated rings. The van der Waals surface area contributed by atoms with E-state index in [-0.39, 0.29) is 11.9 Å². The van der Waals surface area contributed by atoms with Crippen LogP contribution in [0.4, 0.5) is 0 Å². The third-order valence-electron chi connectivity index (χ3n) is 2.56. The van der Waals surface area contributed by atoms with Gasteiger partial charge in [0.05, 0.1) is 6.04 Å². The highest BCUT2D eigenvalue weighted by Gasteiger charge is 2.43. The molecule has 0 unspecified atom stereocenters. The first-order chi connectivity index (χ1) is 5.31. The Kier molecular flexibility index (Phi) is 1.60. The van der Waals surface area contributed by atoms with E-state index in [1.54, 1.807) is 0 Å². The number of likely N-dealkylation sites (tertiary alicyclic amines) is 1. The highest BCUT2D eigenvalue weighted by Crippen LogP contribution is 2.23. The van der Waals surface area contributed by atoms with E-state index in [1.807, 2.05) is 0 Å². The topological polar surface area (TPSA) is 32.3 Å². The molecule has 2 aliphatic heterocycles. The minimum absolute atomic E-state index is 0.208. The van der Waals surface area contributed by atoms with Gasteiger partial charge >= 0.3 is 0 Å². The van der Waals surface area contributed by atoms with Crippen molar-refractivity contribution in [2.75, 3.05) is 13.1 Å². The van der Waals surface area contributed by atoms with Gasteiger partial charge in [0.2, 0.25) is 5.91 Å². The molecule has 2 saturated heterocycles. The zero-order valence-corrected chi connectivity index (χ0v) is 6.84. The van der Waals surface area contributed by atoms with Crippen LogP contribution in [-0.4, -0.2) is 36.0 Å². The van der Waals surface area contributed by atoms with Crippen molar-refractivity contribution < 1.29 is 4.79 Å². The maximum Gasteiger partial charge on any atom is 0.237 e. The maximum absolute atomic E-state index is 11.2. The Morgan fingerprint density at radius 1 is 1.73 bits per heavy atom. The Labute approximate surface area is 66.8 Å². The van der Waals surface area contributed by atoms with Crippen molar-refractivity contribution in [3.05, 3.63) is 0 Å².